The summed E-state index contributed by atoms with van der Waals surface area (Å²) in [5, 5.41) is 3.96. The fourth-order valence-electron chi connectivity index (χ4n) is 2.59. The van der Waals surface area contributed by atoms with Gasteiger partial charge in [-0.2, -0.15) is 0 Å². The Hall–Kier alpha value is -2.24. The maximum absolute atomic E-state index is 11.9. The molecule has 2 aromatic carbocycles. The van der Waals surface area contributed by atoms with Crippen molar-refractivity contribution in [1.29, 1.82) is 0 Å². The Morgan fingerprint density at radius 2 is 1.88 bits per heavy atom. The van der Waals surface area contributed by atoms with Gasteiger partial charge in [0.1, 0.15) is 5.75 Å². The summed E-state index contributed by atoms with van der Waals surface area (Å²) in [4.78, 5) is 14.8. The normalized spacial score (nSPS) is 11.0. The number of aromatic nitrogens is 2. The zero-order chi connectivity index (χ0) is 16.8. The lowest BCUT2D eigenvalue weighted by atomic mass is 10.3. The van der Waals surface area contributed by atoms with Crippen molar-refractivity contribution in [3.05, 3.63) is 64.0 Å². The summed E-state index contributed by atoms with van der Waals surface area (Å²) in [7, 11) is 0. The lowest BCUT2D eigenvalue weighted by Gasteiger charge is -2.09. The van der Waals surface area contributed by atoms with Gasteiger partial charge in [0.15, 0.2) is 0 Å². The Bertz CT molecular complexity index is 857. The van der Waals surface area contributed by atoms with Gasteiger partial charge < -0.3 is 15.0 Å². The van der Waals surface area contributed by atoms with Crippen molar-refractivity contribution in [2.45, 2.75) is 13.0 Å². The molecule has 0 spiro atoms. The number of imidazole rings is 1. The number of para-hydroxylation sites is 3. The number of nitrogens with zero attached hydrogens (tertiary/aromatic N) is 1. The first-order valence-corrected chi connectivity index (χ1v) is 8.39. The number of nitrogens with one attached hydrogen (secondary N) is 2. The summed E-state index contributed by atoms with van der Waals surface area (Å²) >= 11 is 6.03. The van der Waals surface area contributed by atoms with E-state index in [0.29, 0.717) is 23.9 Å². The summed E-state index contributed by atoms with van der Waals surface area (Å²) in [6.07, 6.45) is 0.869. The van der Waals surface area contributed by atoms with Crippen LogP contribution in [0, 0.1) is 0 Å². The Balaban J connectivity index is 1.39. The number of H-pyrrole nitrogens is 1. The van der Waals surface area contributed by atoms with Crippen molar-refractivity contribution >= 4 is 22.6 Å². The van der Waals surface area contributed by atoms with E-state index in [1.165, 1.54) is 0 Å². The smallest absolute Gasteiger partial charge is 0.326 e. The first-order chi connectivity index (χ1) is 11.8. The number of rotatable bonds is 8. The summed E-state index contributed by atoms with van der Waals surface area (Å²) in [6, 6.07) is 15.2. The summed E-state index contributed by atoms with van der Waals surface area (Å²) in [5.74, 6) is 0.713. The third-order valence-electron chi connectivity index (χ3n) is 3.79. The largest absolute Gasteiger partial charge is 0.492 e. The molecular formula is C18H20ClN3O2. The predicted molar refractivity (Wildman–Crippen MR) is 97.0 cm³/mol. The molecule has 1 aromatic heterocycles. The summed E-state index contributed by atoms with van der Waals surface area (Å²) < 4.78 is 7.39. The first kappa shape index (κ1) is 16.6. The molecule has 0 aliphatic rings. The molecule has 6 heteroatoms. The first-order valence-electron chi connectivity index (χ1n) is 8.01. The molecule has 0 bridgehead atoms. The van der Waals surface area contributed by atoms with Crippen molar-refractivity contribution in [2.75, 3.05) is 19.7 Å². The molecule has 0 amide bonds. The highest BCUT2D eigenvalue weighted by atomic mass is 35.5. The molecule has 5 nitrogen and oxygen atoms in total. The van der Waals surface area contributed by atoms with Gasteiger partial charge in [-0.25, -0.2) is 4.79 Å². The molecule has 2 N–H and O–H groups in total. The molecule has 3 aromatic rings. The summed E-state index contributed by atoms with van der Waals surface area (Å²) in [5.41, 5.74) is 1.74. The van der Waals surface area contributed by atoms with Crippen LogP contribution >= 0.6 is 11.6 Å². The van der Waals surface area contributed by atoms with Gasteiger partial charge >= 0.3 is 5.69 Å². The van der Waals surface area contributed by atoms with Crippen LogP contribution in [-0.2, 0) is 6.54 Å². The third kappa shape index (κ3) is 3.99. The molecule has 24 heavy (non-hydrogen) atoms. The van der Waals surface area contributed by atoms with Crippen molar-refractivity contribution in [3.63, 3.8) is 0 Å². The Morgan fingerprint density at radius 1 is 1.08 bits per heavy atom. The van der Waals surface area contributed by atoms with E-state index in [1.807, 2.05) is 48.5 Å². The highest BCUT2D eigenvalue weighted by Gasteiger charge is 2.04. The minimum Gasteiger partial charge on any atom is -0.492 e. The Kier molecular flexibility index (Phi) is 5.56. The zero-order valence-corrected chi connectivity index (χ0v) is 14.1. The molecule has 126 valence electrons. The maximum atomic E-state index is 11.9. The predicted octanol–water partition coefficient (Wildman–Crippen LogP) is 3.04. The molecular weight excluding hydrogens is 326 g/mol. The number of halogens is 1. The van der Waals surface area contributed by atoms with E-state index in [4.69, 9.17) is 16.3 Å². The van der Waals surface area contributed by atoms with Crippen LogP contribution in [0.5, 0.6) is 5.75 Å². The van der Waals surface area contributed by atoms with Gasteiger partial charge in [0.25, 0.3) is 0 Å². The number of hydrogen-bond donors (Lipinski definition) is 2. The highest BCUT2D eigenvalue weighted by Crippen LogP contribution is 2.22. The Morgan fingerprint density at radius 3 is 2.75 bits per heavy atom. The van der Waals surface area contributed by atoms with Crippen LogP contribution in [-0.4, -0.2) is 29.2 Å². The molecule has 0 aliphatic carbocycles. The van der Waals surface area contributed by atoms with Crippen molar-refractivity contribution in [1.82, 2.24) is 14.9 Å². The maximum Gasteiger partial charge on any atom is 0.326 e. The van der Waals surface area contributed by atoms with E-state index < -0.39 is 0 Å². The van der Waals surface area contributed by atoms with Crippen molar-refractivity contribution in [2.24, 2.45) is 0 Å². The van der Waals surface area contributed by atoms with E-state index in [0.717, 1.165) is 30.5 Å². The Labute approximate surface area is 145 Å². The van der Waals surface area contributed by atoms with E-state index in [2.05, 4.69) is 10.3 Å². The standard InChI is InChI=1S/C18H20ClN3O2/c19-14-6-1-4-9-17(14)24-13-5-10-20-11-12-22-16-8-3-2-7-15(16)21-18(22)23/h1-4,6-9,20H,5,10-13H2,(H,21,23). The molecule has 0 unspecified atom stereocenters. The molecule has 0 atom stereocenters. The molecule has 0 aliphatic heterocycles. The topological polar surface area (TPSA) is 59.0 Å². The van der Waals surface area contributed by atoms with Gasteiger partial charge in [0, 0.05) is 13.1 Å². The van der Waals surface area contributed by atoms with Gasteiger partial charge in [0.05, 0.1) is 22.7 Å². The van der Waals surface area contributed by atoms with Gasteiger partial charge in [-0.05, 0) is 37.2 Å². The molecule has 0 fully saturated rings. The number of aromatic amines is 1. The fraction of sp³-hybridized carbons (Fsp3) is 0.278. The summed E-state index contributed by atoms with van der Waals surface area (Å²) in [6.45, 7) is 2.79. The van der Waals surface area contributed by atoms with Crippen molar-refractivity contribution < 1.29 is 4.74 Å². The zero-order valence-electron chi connectivity index (χ0n) is 13.3. The fourth-order valence-corrected chi connectivity index (χ4v) is 2.78. The average Bonchev–Trinajstić information content (AvgIpc) is 2.91. The highest BCUT2D eigenvalue weighted by molar-refractivity contribution is 6.32. The van der Waals surface area contributed by atoms with Crippen LogP contribution in [0.4, 0.5) is 0 Å². The van der Waals surface area contributed by atoms with Gasteiger partial charge in [-0.1, -0.05) is 35.9 Å². The van der Waals surface area contributed by atoms with E-state index >= 15 is 0 Å². The van der Waals surface area contributed by atoms with Gasteiger partial charge in [-0.15, -0.1) is 0 Å². The lowest BCUT2D eigenvalue weighted by molar-refractivity contribution is 0.308. The molecule has 1 heterocycles. The van der Waals surface area contributed by atoms with E-state index in [1.54, 1.807) is 4.57 Å². The monoisotopic (exact) mass is 345 g/mol. The number of fused-ring (bicyclic) bond motifs is 1. The van der Waals surface area contributed by atoms with Crippen molar-refractivity contribution in [3.8, 4) is 5.75 Å². The second-order valence-electron chi connectivity index (χ2n) is 5.48. The number of benzene rings is 2. The minimum absolute atomic E-state index is 0.0694. The van der Waals surface area contributed by atoms with Crippen LogP contribution < -0.4 is 15.7 Å². The van der Waals surface area contributed by atoms with Crippen LogP contribution in [0.1, 0.15) is 6.42 Å². The van der Waals surface area contributed by atoms with Gasteiger partial charge in [0.2, 0.25) is 0 Å². The average molecular weight is 346 g/mol. The van der Waals surface area contributed by atoms with Crippen LogP contribution in [0.2, 0.25) is 5.02 Å². The van der Waals surface area contributed by atoms with Gasteiger partial charge in [-0.3, -0.25) is 4.57 Å². The number of ether oxygens (including phenoxy) is 1. The number of hydrogen-bond acceptors (Lipinski definition) is 3. The second kappa shape index (κ2) is 8.04. The molecule has 0 saturated carbocycles. The SMILES string of the molecule is O=c1[nH]c2ccccc2n1CCNCCCOc1ccccc1Cl. The third-order valence-corrected chi connectivity index (χ3v) is 4.10. The van der Waals surface area contributed by atoms with Crippen LogP contribution in [0.25, 0.3) is 11.0 Å². The molecule has 3 rings (SSSR count). The quantitative estimate of drug-likeness (QED) is 0.617. The molecule has 0 saturated heterocycles. The van der Waals surface area contributed by atoms with E-state index in [9.17, 15) is 4.79 Å². The molecule has 0 radical (unpaired) electrons. The second-order valence-corrected chi connectivity index (χ2v) is 5.89. The van der Waals surface area contributed by atoms with Crippen LogP contribution in [0.3, 0.4) is 0 Å². The van der Waals surface area contributed by atoms with E-state index in [-0.39, 0.29) is 5.69 Å². The minimum atomic E-state index is -0.0694. The lowest BCUT2D eigenvalue weighted by Crippen LogP contribution is -2.26. The van der Waals surface area contributed by atoms with Crippen LogP contribution in [0.15, 0.2) is 53.3 Å².